The number of benzene rings is 2. The molecule has 0 aliphatic carbocycles. The summed E-state index contributed by atoms with van der Waals surface area (Å²) < 4.78 is 12.0. The third kappa shape index (κ3) is 9.69. The van der Waals surface area contributed by atoms with E-state index in [1.165, 1.54) is 12.8 Å². The van der Waals surface area contributed by atoms with Crippen molar-refractivity contribution in [3.8, 4) is 11.5 Å². The van der Waals surface area contributed by atoms with Crippen LogP contribution in [0.25, 0.3) is 0 Å². The maximum absolute atomic E-state index is 12.3. The smallest absolute Gasteiger partial charge is 0.276 e. The van der Waals surface area contributed by atoms with Crippen LogP contribution in [0.1, 0.15) is 68.3 Å². The molecule has 2 amide bonds. The van der Waals surface area contributed by atoms with E-state index >= 15 is 0 Å². The van der Waals surface area contributed by atoms with Crippen LogP contribution in [0.4, 0.5) is 0 Å². The van der Waals surface area contributed by atoms with Crippen molar-refractivity contribution in [3.63, 3.8) is 0 Å². The molecule has 2 aromatic carbocycles. The molecule has 0 aliphatic rings. The van der Waals surface area contributed by atoms with Crippen LogP contribution in [-0.2, 0) is 4.79 Å². The maximum atomic E-state index is 12.3. The summed E-state index contributed by atoms with van der Waals surface area (Å²) in [5.74, 6) is 0.819. The first-order chi connectivity index (χ1) is 16.3. The van der Waals surface area contributed by atoms with Gasteiger partial charge in [-0.15, -0.1) is 0 Å². The van der Waals surface area contributed by atoms with Crippen molar-refractivity contribution in [1.82, 2.24) is 16.2 Å². The molecular formula is C25H32BrN3O4S. The molecule has 9 heteroatoms. The number of carbonyl (C=O) groups excluding carboxylic acids is 2. The van der Waals surface area contributed by atoms with Gasteiger partial charge in [0, 0.05) is 5.56 Å². The number of rotatable bonds is 11. The van der Waals surface area contributed by atoms with Gasteiger partial charge in [-0.1, -0.05) is 46.1 Å². The predicted molar refractivity (Wildman–Crippen MR) is 141 cm³/mol. The summed E-state index contributed by atoms with van der Waals surface area (Å²) in [7, 11) is 0. The highest BCUT2D eigenvalue weighted by molar-refractivity contribution is 9.10. The Bertz CT molecular complexity index is 967. The number of unbranched alkanes of at least 4 members (excludes halogenated alkanes) is 3. The SMILES string of the molecule is CCCCCCOc1ccc(C(=O)NC(=S)NNC(=O)COc2ccc(C(C)C)cc2Br)cc1. The van der Waals surface area contributed by atoms with E-state index in [-0.39, 0.29) is 11.7 Å². The van der Waals surface area contributed by atoms with E-state index in [9.17, 15) is 9.59 Å². The molecule has 0 unspecified atom stereocenters. The Morgan fingerprint density at radius 2 is 1.74 bits per heavy atom. The van der Waals surface area contributed by atoms with Gasteiger partial charge in [-0.3, -0.25) is 25.8 Å². The molecule has 2 aromatic rings. The second-order valence-electron chi connectivity index (χ2n) is 8.02. The van der Waals surface area contributed by atoms with E-state index in [0.717, 1.165) is 22.9 Å². The van der Waals surface area contributed by atoms with Gasteiger partial charge < -0.3 is 9.47 Å². The number of hydrazine groups is 1. The average Bonchev–Trinajstić information content (AvgIpc) is 2.82. The minimum absolute atomic E-state index is 0.0305. The first kappa shape index (κ1) is 27.6. The molecule has 184 valence electrons. The summed E-state index contributed by atoms with van der Waals surface area (Å²) in [4.78, 5) is 24.4. The summed E-state index contributed by atoms with van der Waals surface area (Å²) in [6.45, 7) is 6.81. The normalized spacial score (nSPS) is 10.5. The van der Waals surface area contributed by atoms with E-state index in [1.807, 2.05) is 18.2 Å². The molecule has 3 N–H and O–H groups in total. The lowest BCUT2D eigenvalue weighted by molar-refractivity contribution is -0.123. The monoisotopic (exact) mass is 549 g/mol. The Labute approximate surface area is 215 Å². The van der Waals surface area contributed by atoms with Crippen LogP contribution in [0.3, 0.4) is 0 Å². The molecule has 0 bridgehead atoms. The van der Waals surface area contributed by atoms with E-state index in [0.29, 0.717) is 29.6 Å². The lowest BCUT2D eigenvalue weighted by Gasteiger charge is -2.13. The Morgan fingerprint density at radius 1 is 1.00 bits per heavy atom. The molecule has 7 nitrogen and oxygen atoms in total. The minimum atomic E-state index is -0.447. The standard InChI is InChI=1S/C25H32BrN3O4S/c1-4-5-6-7-14-32-20-11-8-18(9-12-20)24(31)27-25(34)29-28-23(30)16-33-22-13-10-19(17(2)3)15-21(22)26/h8-13,15,17H,4-7,14,16H2,1-3H3,(H,28,30)(H2,27,29,31,34). The fourth-order valence-corrected chi connectivity index (χ4v) is 3.58. The van der Waals surface area contributed by atoms with E-state index in [1.54, 1.807) is 24.3 Å². The largest absolute Gasteiger partial charge is 0.494 e. The summed E-state index contributed by atoms with van der Waals surface area (Å²) in [5, 5.41) is 2.48. The van der Waals surface area contributed by atoms with Crippen molar-refractivity contribution >= 4 is 45.1 Å². The second kappa shape index (κ2) is 14.6. The fourth-order valence-electron chi connectivity index (χ4n) is 2.93. The van der Waals surface area contributed by atoms with E-state index < -0.39 is 11.8 Å². The predicted octanol–water partition coefficient (Wildman–Crippen LogP) is 5.25. The lowest BCUT2D eigenvalue weighted by atomic mass is 10.0. The van der Waals surface area contributed by atoms with E-state index in [4.69, 9.17) is 21.7 Å². The van der Waals surface area contributed by atoms with Crippen LogP contribution in [-0.4, -0.2) is 30.1 Å². The van der Waals surface area contributed by atoms with Crippen molar-refractivity contribution in [2.24, 2.45) is 0 Å². The number of thiocarbonyl (C=S) groups is 1. The van der Waals surface area contributed by atoms with Crippen LogP contribution >= 0.6 is 28.1 Å². The van der Waals surface area contributed by atoms with Gasteiger partial charge >= 0.3 is 0 Å². The molecular weight excluding hydrogens is 518 g/mol. The number of ether oxygens (including phenoxy) is 2. The zero-order valence-corrected chi connectivity index (χ0v) is 22.2. The first-order valence-corrected chi connectivity index (χ1v) is 12.6. The highest BCUT2D eigenvalue weighted by Crippen LogP contribution is 2.28. The van der Waals surface area contributed by atoms with Gasteiger partial charge in [-0.05, 0) is 82.4 Å². The Morgan fingerprint density at radius 3 is 2.38 bits per heavy atom. The molecule has 2 rings (SSSR count). The van der Waals surface area contributed by atoms with Crippen LogP contribution in [0.15, 0.2) is 46.9 Å². The number of hydrogen-bond donors (Lipinski definition) is 3. The van der Waals surface area contributed by atoms with Crippen LogP contribution in [0.2, 0.25) is 0 Å². The molecule has 0 heterocycles. The molecule has 0 aliphatic heterocycles. The van der Waals surface area contributed by atoms with Gasteiger partial charge in [-0.2, -0.15) is 0 Å². The number of halogens is 1. The van der Waals surface area contributed by atoms with Gasteiger partial charge in [0.25, 0.3) is 11.8 Å². The molecule has 0 saturated heterocycles. The highest BCUT2D eigenvalue weighted by Gasteiger charge is 2.11. The second-order valence-corrected chi connectivity index (χ2v) is 9.29. The topological polar surface area (TPSA) is 88.7 Å². The molecule has 34 heavy (non-hydrogen) atoms. The summed E-state index contributed by atoms with van der Waals surface area (Å²) in [5.41, 5.74) is 6.48. The van der Waals surface area contributed by atoms with Gasteiger partial charge in [-0.25, -0.2) is 0 Å². The molecule has 0 radical (unpaired) electrons. The number of carbonyl (C=O) groups is 2. The molecule has 0 spiro atoms. The number of amides is 2. The third-order valence-electron chi connectivity index (χ3n) is 4.91. The lowest BCUT2D eigenvalue weighted by Crippen LogP contribution is -2.49. The van der Waals surface area contributed by atoms with Crippen molar-refractivity contribution in [1.29, 1.82) is 0 Å². The van der Waals surface area contributed by atoms with Gasteiger partial charge in [0.2, 0.25) is 0 Å². The fraction of sp³-hybridized carbons (Fsp3) is 0.400. The zero-order valence-electron chi connectivity index (χ0n) is 19.8. The minimum Gasteiger partial charge on any atom is -0.494 e. The highest BCUT2D eigenvalue weighted by atomic mass is 79.9. The maximum Gasteiger partial charge on any atom is 0.276 e. The van der Waals surface area contributed by atoms with Gasteiger partial charge in [0.15, 0.2) is 11.7 Å². The van der Waals surface area contributed by atoms with Crippen LogP contribution < -0.4 is 25.6 Å². The first-order valence-electron chi connectivity index (χ1n) is 11.4. The van der Waals surface area contributed by atoms with E-state index in [2.05, 4.69) is 52.9 Å². The Balaban J connectivity index is 1.70. The summed E-state index contributed by atoms with van der Waals surface area (Å²) in [6, 6.07) is 12.5. The molecule has 0 fully saturated rings. The van der Waals surface area contributed by atoms with Crippen LogP contribution in [0, 0.1) is 0 Å². The van der Waals surface area contributed by atoms with Crippen molar-refractivity contribution in [2.45, 2.75) is 52.4 Å². The number of nitrogens with one attached hydrogen (secondary N) is 3. The Kier molecular flexibility index (Phi) is 11.8. The van der Waals surface area contributed by atoms with Crippen LogP contribution in [0.5, 0.6) is 11.5 Å². The third-order valence-corrected chi connectivity index (χ3v) is 5.73. The molecule has 0 saturated carbocycles. The number of hydrogen-bond acceptors (Lipinski definition) is 5. The quantitative estimate of drug-likeness (QED) is 0.201. The molecule has 0 atom stereocenters. The summed E-state index contributed by atoms with van der Waals surface area (Å²) >= 11 is 8.53. The summed E-state index contributed by atoms with van der Waals surface area (Å²) in [6.07, 6.45) is 4.54. The van der Waals surface area contributed by atoms with Crippen molar-refractivity contribution in [2.75, 3.05) is 13.2 Å². The van der Waals surface area contributed by atoms with Crippen molar-refractivity contribution < 1.29 is 19.1 Å². The van der Waals surface area contributed by atoms with Gasteiger partial charge in [0.1, 0.15) is 11.5 Å². The van der Waals surface area contributed by atoms with Crippen molar-refractivity contribution in [3.05, 3.63) is 58.1 Å². The molecule has 0 aromatic heterocycles. The average molecular weight is 551 g/mol. The van der Waals surface area contributed by atoms with Gasteiger partial charge in [0.05, 0.1) is 11.1 Å². The zero-order chi connectivity index (χ0) is 24.9. The Hall–Kier alpha value is -2.65.